The molecule has 0 fully saturated rings. The molecule has 1 aromatic heterocycles. The topological polar surface area (TPSA) is 21.1 Å². The molecule has 1 heterocycles. The molecule has 3 nitrogen and oxygen atoms in total. The molecule has 0 atom stereocenters. The van der Waals surface area contributed by atoms with Crippen molar-refractivity contribution < 1.29 is 13.2 Å². The van der Waals surface area contributed by atoms with Gasteiger partial charge in [-0.3, -0.25) is 4.90 Å². The second kappa shape index (κ2) is 11.7. The first kappa shape index (κ1) is 25.4. The number of unbranched alkanes of at least 4 members (excludes halogenated alkanes) is 2. The van der Waals surface area contributed by atoms with Crippen molar-refractivity contribution in [3.63, 3.8) is 0 Å². The molecule has 0 amide bonds. The number of thiol groups is 1. The summed E-state index contributed by atoms with van der Waals surface area (Å²) in [5.41, 5.74) is 1.23. The van der Waals surface area contributed by atoms with Crippen LogP contribution in [0.2, 0.25) is 0 Å². The van der Waals surface area contributed by atoms with Crippen molar-refractivity contribution in [2.75, 3.05) is 6.54 Å². The summed E-state index contributed by atoms with van der Waals surface area (Å²) >= 11 is 4.34. The average molecular weight is 476 g/mol. The van der Waals surface area contributed by atoms with Crippen molar-refractivity contribution in [2.24, 2.45) is 0 Å². The lowest BCUT2D eigenvalue weighted by Crippen LogP contribution is -2.27. The Labute approximate surface area is 200 Å². The van der Waals surface area contributed by atoms with Gasteiger partial charge in [-0.2, -0.15) is 13.2 Å². The van der Waals surface area contributed by atoms with Crippen molar-refractivity contribution >= 4 is 12.6 Å². The van der Waals surface area contributed by atoms with E-state index in [1.165, 1.54) is 0 Å². The van der Waals surface area contributed by atoms with Crippen LogP contribution in [0, 0.1) is 0 Å². The number of aromatic nitrogens is 2. The van der Waals surface area contributed by atoms with E-state index >= 15 is 0 Å². The molecule has 33 heavy (non-hydrogen) atoms. The minimum atomic E-state index is -4.51. The van der Waals surface area contributed by atoms with Crippen molar-refractivity contribution in [2.45, 2.75) is 70.2 Å². The van der Waals surface area contributed by atoms with Crippen molar-refractivity contribution in [3.05, 3.63) is 71.5 Å². The number of alkyl halides is 3. The van der Waals surface area contributed by atoms with Crippen LogP contribution in [-0.2, 0) is 25.8 Å². The maximum atomic E-state index is 14.2. The van der Waals surface area contributed by atoms with Gasteiger partial charge in [-0.05, 0) is 37.1 Å². The van der Waals surface area contributed by atoms with E-state index in [0.717, 1.165) is 42.7 Å². The second-order valence-electron chi connectivity index (χ2n) is 8.33. The van der Waals surface area contributed by atoms with Gasteiger partial charge < -0.3 is 4.57 Å². The van der Waals surface area contributed by atoms with Crippen LogP contribution in [-0.4, -0.2) is 21.0 Å². The molecule has 7 heteroatoms. The third-order valence-electron chi connectivity index (χ3n) is 5.65. The van der Waals surface area contributed by atoms with Gasteiger partial charge in [0.25, 0.3) is 0 Å². The zero-order chi connectivity index (χ0) is 23.8. The van der Waals surface area contributed by atoms with E-state index in [9.17, 15) is 13.2 Å². The molecule has 3 aromatic rings. The lowest BCUT2D eigenvalue weighted by molar-refractivity contribution is -0.141. The van der Waals surface area contributed by atoms with Crippen LogP contribution in [0.15, 0.2) is 59.5 Å². The van der Waals surface area contributed by atoms with E-state index in [1.54, 1.807) is 4.57 Å². The van der Waals surface area contributed by atoms with Gasteiger partial charge in [-0.1, -0.05) is 69.2 Å². The molecular formula is C26H32F3N3S. The number of halogens is 3. The second-order valence-corrected chi connectivity index (χ2v) is 8.85. The maximum absolute atomic E-state index is 14.2. The van der Waals surface area contributed by atoms with Gasteiger partial charge in [0.1, 0.15) is 5.82 Å². The molecule has 0 N–H and O–H groups in total. The molecule has 0 spiro atoms. The average Bonchev–Trinajstić information content (AvgIpc) is 3.16. The first-order chi connectivity index (χ1) is 15.8. The van der Waals surface area contributed by atoms with E-state index in [4.69, 9.17) is 0 Å². The fourth-order valence-corrected chi connectivity index (χ4v) is 4.05. The van der Waals surface area contributed by atoms with E-state index in [0.29, 0.717) is 24.5 Å². The summed E-state index contributed by atoms with van der Waals surface area (Å²) in [5, 5.41) is 0. The van der Waals surface area contributed by atoms with Gasteiger partial charge in [0, 0.05) is 30.1 Å². The first-order valence-electron chi connectivity index (χ1n) is 11.6. The quantitative estimate of drug-likeness (QED) is 0.291. The molecule has 0 aliphatic heterocycles. The highest BCUT2D eigenvalue weighted by Gasteiger charge is 2.39. The third kappa shape index (κ3) is 6.87. The highest BCUT2D eigenvalue weighted by atomic mass is 32.1. The molecule has 2 aromatic carbocycles. The number of hydrogen-bond acceptors (Lipinski definition) is 3. The molecule has 0 saturated heterocycles. The molecule has 0 unspecified atom stereocenters. The van der Waals surface area contributed by atoms with Crippen LogP contribution in [0.4, 0.5) is 13.2 Å². The Kier molecular flexibility index (Phi) is 9.03. The Morgan fingerprint density at radius 1 is 0.909 bits per heavy atom. The summed E-state index contributed by atoms with van der Waals surface area (Å²) in [4.78, 5) is 7.12. The predicted octanol–water partition coefficient (Wildman–Crippen LogP) is 7.46. The first-order valence-corrected chi connectivity index (χ1v) is 12.0. The number of hydrogen-bond donors (Lipinski definition) is 1. The van der Waals surface area contributed by atoms with Crippen LogP contribution in [0.25, 0.3) is 11.4 Å². The Morgan fingerprint density at radius 3 is 2.18 bits per heavy atom. The number of nitrogens with zero attached hydrogens (tertiary/aromatic N) is 3. The molecule has 3 rings (SSSR count). The van der Waals surface area contributed by atoms with E-state index in [-0.39, 0.29) is 12.2 Å². The van der Waals surface area contributed by atoms with Gasteiger partial charge >= 0.3 is 6.18 Å². The Bertz CT molecular complexity index is 998. The number of imidazole rings is 1. The summed E-state index contributed by atoms with van der Waals surface area (Å²) < 4.78 is 44.2. The minimum absolute atomic E-state index is 0.195. The van der Waals surface area contributed by atoms with Gasteiger partial charge in [0.15, 0.2) is 5.69 Å². The zero-order valence-corrected chi connectivity index (χ0v) is 20.2. The lowest BCUT2D eigenvalue weighted by Gasteiger charge is -2.24. The van der Waals surface area contributed by atoms with E-state index in [1.807, 2.05) is 61.5 Å². The third-order valence-corrected chi connectivity index (χ3v) is 5.95. The molecule has 0 aliphatic rings. The zero-order valence-electron chi connectivity index (χ0n) is 19.3. The summed E-state index contributed by atoms with van der Waals surface area (Å²) in [5.74, 6) is 0.390. The summed E-state index contributed by atoms with van der Waals surface area (Å²) in [6.45, 7) is 6.13. The monoisotopic (exact) mass is 475 g/mol. The van der Waals surface area contributed by atoms with E-state index < -0.39 is 11.9 Å². The fourth-order valence-electron chi connectivity index (χ4n) is 3.91. The number of rotatable bonds is 11. The van der Waals surface area contributed by atoms with E-state index in [2.05, 4.69) is 29.4 Å². The Balaban J connectivity index is 2.04. The maximum Gasteiger partial charge on any atom is 0.435 e. The molecule has 178 valence electrons. The Hall–Kier alpha value is -2.25. The SMILES string of the molecule is CCCCN(Cc1ccc(S)cc1)Cc1c(C(F)(F)F)nc(-c2ccccc2)n1CCCC. The fraction of sp³-hybridized carbons (Fsp3) is 0.423. The smallest absolute Gasteiger partial charge is 0.326 e. The summed E-state index contributed by atoms with van der Waals surface area (Å²) in [7, 11) is 0. The summed E-state index contributed by atoms with van der Waals surface area (Å²) in [6.07, 6.45) is -0.939. The summed E-state index contributed by atoms with van der Waals surface area (Å²) in [6, 6.07) is 17.0. The predicted molar refractivity (Wildman–Crippen MR) is 130 cm³/mol. The largest absolute Gasteiger partial charge is 0.435 e. The van der Waals surface area contributed by atoms with Crippen LogP contribution in [0.5, 0.6) is 0 Å². The molecule has 0 radical (unpaired) electrons. The molecule has 0 saturated carbocycles. The van der Waals surface area contributed by atoms with Crippen LogP contribution in [0.1, 0.15) is 56.5 Å². The molecule has 0 bridgehead atoms. The number of benzene rings is 2. The van der Waals surface area contributed by atoms with Crippen LogP contribution < -0.4 is 0 Å². The van der Waals surface area contributed by atoms with Crippen molar-refractivity contribution in [3.8, 4) is 11.4 Å². The van der Waals surface area contributed by atoms with Gasteiger partial charge in [-0.15, -0.1) is 12.6 Å². The highest BCUT2D eigenvalue weighted by molar-refractivity contribution is 7.80. The minimum Gasteiger partial charge on any atom is -0.326 e. The van der Waals surface area contributed by atoms with Crippen LogP contribution >= 0.6 is 12.6 Å². The standard InChI is InChI=1S/C26H32F3N3S/c1-3-5-16-31(18-20-12-14-22(33)15-13-20)19-23-24(26(27,28)29)30-25(32(23)17-6-4-2)21-10-8-7-9-11-21/h7-15,33H,3-6,16-19H2,1-2H3. The Morgan fingerprint density at radius 2 is 1.58 bits per heavy atom. The molecule has 0 aliphatic carbocycles. The van der Waals surface area contributed by atoms with Gasteiger partial charge in [0.05, 0.1) is 5.69 Å². The van der Waals surface area contributed by atoms with Gasteiger partial charge in [-0.25, -0.2) is 4.98 Å². The van der Waals surface area contributed by atoms with Crippen molar-refractivity contribution in [1.29, 1.82) is 0 Å². The normalized spacial score (nSPS) is 12.0. The van der Waals surface area contributed by atoms with Crippen LogP contribution in [0.3, 0.4) is 0 Å². The van der Waals surface area contributed by atoms with Gasteiger partial charge in [0.2, 0.25) is 0 Å². The molecular weight excluding hydrogens is 443 g/mol. The highest BCUT2D eigenvalue weighted by Crippen LogP contribution is 2.35. The lowest BCUT2D eigenvalue weighted by atomic mass is 10.1. The van der Waals surface area contributed by atoms with Crippen molar-refractivity contribution in [1.82, 2.24) is 14.5 Å².